The normalized spacial score (nSPS) is 10.6. The van der Waals surface area contributed by atoms with E-state index in [2.05, 4.69) is 24.3 Å². The predicted octanol–water partition coefficient (Wildman–Crippen LogP) is 3.91. The third-order valence-electron chi connectivity index (χ3n) is 5.43. The van der Waals surface area contributed by atoms with Crippen LogP contribution in [0.3, 0.4) is 0 Å². The molecule has 0 aliphatic heterocycles. The molecule has 0 N–H and O–H groups in total. The number of carbonyl (C=O) groups excluding carboxylic acids is 2. The number of esters is 1. The standard InChI is InChI=1S/C28H26N2O4/c1-3-34-28(32)24-6-10-26(11-7-24)30-18-14-22(15-19-30)21-12-16-29(17-13-21)25-8-4-23(5-9-25)27(31)20-33-2/h4-19H,3,20H2,1-2H3/q+2. The van der Waals surface area contributed by atoms with E-state index in [1.165, 1.54) is 7.11 Å². The van der Waals surface area contributed by atoms with Crippen LogP contribution in [0.5, 0.6) is 0 Å². The van der Waals surface area contributed by atoms with Crippen LogP contribution in [-0.2, 0) is 9.47 Å². The van der Waals surface area contributed by atoms with Crippen molar-refractivity contribution in [2.45, 2.75) is 6.92 Å². The van der Waals surface area contributed by atoms with Crippen LogP contribution in [0.4, 0.5) is 0 Å². The number of aromatic nitrogens is 2. The summed E-state index contributed by atoms with van der Waals surface area (Å²) in [7, 11) is 1.51. The van der Waals surface area contributed by atoms with Gasteiger partial charge in [0.25, 0.3) is 0 Å². The van der Waals surface area contributed by atoms with E-state index in [0.717, 1.165) is 22.5 Å². The lowest BCUT2D eigenvalue weighted by atomic mass is 10.1. The van der Waals surface area contributed by atoms with E-state index >= 15 is 0 Å². The van der Waals surface area contributed by atoms with Gasteiger partial charge in [-0.1, -0.05) is 0 Å². The number of benzene rings is 2. The summed E-state index contributed by atoms with van der Waals surface area (Å²) in [6, 6.07) is 23.0. The molecule has 4 aromatic rings. The molecule has 0 aliphatic rings. The monoisotopic (exact) mass is 454 g/mol. The topological polar surface area (TPSA) is 60.4 Å². The average Bonchev–Trinajstić information content (AvgIpc) is 2.89. The Labute approximate surface area is 198 Å². The molecule has 0 saturated carbocycles. The van der Waals surface area contributed by atoms with Crippen LogP contribution in [-0.4, -0.2) is 32.1 Å². The molecule has 2 heterocycles. The molecular formula is C28H26N2O4+2. The van der Waals surface area contributed by atoms with Crippen molar-refractivity contribution >= 4 is 11.8 Å². The number of nitrogens with zero attached hydrogens (tertiary/aromatic N) is 2. The molecule has 2 aromatic heterocycles. The lowest BCUT2D eigenvalue weighted by Gasteiger charge is -2.03. The number of pyridine rings is 2. The maximum atomic E-state index is 11.9. The highest BCUT2D eigenvalue weighted by molar-refractivity contribution is 5.97. The molecular weight excluding hydrogens is 428 g/mol. The SMILES string of the molecule is CCOC(=O)c1ccc(-[n+]2ccc(-c3cc[n+](-c4ccc(C(=O)COC)cc4)cc3)cc2)cc1. The maximum absolute atomic E-state index is 11.9. The molecule has 0 atom stereocenters. The zero-order valence-electron chi connectivity index (χ0n) is 19.2. The highest BCUT2D eigenvalue weighted by Gasteiger charge is 2.12. The van der Waals surface area contributed by atoms with Gasteiger partial charge in [-0.15, -0.1) is 0 Å². The molecule has 4 rings (SSSR count). The van der Waals surface area contributed by atoms with Crippen LogP contribution in [0, 0.1) is 0 Å². The number of rotatable bonds is 8. The van der Waals surface area contributed by atoms with E-state index in [-0.39, 0.29) is 18.4 Å². The molecule has 0 radical (unpaired) electrons. The van der Waals surface area contributed by atoms with E-state index in [9.17, 15) is 9.59 Å². The summed E-state index contributed by atoms with van der Waals surface area (Å²) >= 11 is 0. The molecule has 2 aromatic carbocycles. The average molecular weight is 455 g/mol. The first-order valence-electron chi connectivity index (χ1n) is 11.0. The molecule has 0 bridgehead atoms. The van der Waals surface area contributed by atoms with Gasteiger partial charge in [-0.2, -0.15) is 9.13 Å². The van der Waals surface area contributed by atoms with Crippen molar-refractivity contribution in [1.29, 1.82) is 0 Å². The Morgan fingerprint density at radius 1 is 0.676 bits per heavy atom. The number of ketones is 1. The fourth-order valence-corrected chi connectivity index (χ4v) is 3.60. The molecule has 0 amide bonds. The third-order valence-corrected chi connectivity index (χ3v) is 5.43. The highest BCUT2D eigenvalue weighted by Crippen LogP contribution is 2.17. The smallest absolute Gasteiger partial charge is 0.338 e. The molecule has 0 aliphatic carbocycles. The van der Waals surface area contributed by atoms with Crippen molar-refractivity contribution in [3.8, 4) is 22.5 Å². The number of carbonyl (C=O) groups is 2. The van der Waals surface area contributed by atoms with Gasteiger partial charge in [0.1, 0.15) is 6.61 Å². The number of hydrogen-bond acceptors (Lipinski definition) is 4. The first kappa shape index (κ1) is 23.0. The van der Waals surface area contributed by atoms with Gasteiger partial charge in [-0.25, -0.2) is 4.79 Å². The van der Waals surface area contributed by atoms with Crippen molar-refractivity contribution in [3.63, 3.8) is 0 Å². The van der Waals surface area contributed by atoms with Gasteiger partial charge >= 0.3 is 5.97 Å². The second-order valence-corrected chi connectivity index (χ2v) is 7.66. The van der Waals surface area contributed by atoms with Crippen molar-refractivity contribution < 1.29 is 28.2 Å². The van der Waals surface area contributed by atoms with E-state index in [4.69, 9.17) is 9.47 Å². The van der Waals surface area contributed by atoms with Crippen molar-refractivity contribution in [3.05, 3.63) is 109 Å². The molecule has 0 fully saturated rings. The Bertz CT molecular complexity index is 1160. The number of hydrogen-bond donors (Lipinski definition) is 0. The Kier molecular flexibility index (Phi) is 7.20. The van der Waals surface area contributed by atoms with E-state index < -0.39 is 0 Å². The van der Waals surface area contributed by atoms with Gasteiger partial charge in [-0.3, -0.25) is 4.79 Å². The summed E-state index contributed by atoms with van der Waals surface area (Å²) in [5.41, 5.74) is 5.28. The molecule has 0 unspecified atom stereocenters. The highest BCUT2D eigenvalue weighted by atomic mass is 16.5. The summed E-state index contributed by atoms with van der Waals surface area (Å²) in [4.78, 5) is 23.7. The van der Waals surface area contributed by atoms with Crippen LogP contribution >= 0.6 is 0 Å². The number of Topliss-reactive ketones (excluding diaryl/α,β-unsaturated/α-hetero) is 1. The van der Waals surface area contributed by atoms with Crippen LogP contribution in [0.2, 0.25) is 0 Å². The Hall–Kier alpha value is -4.16. The fraction of sp³-hybridized carbons (Fsp3) is 0.143. The first-order chi connectivity index (χ1) is 16.6. The second-order valence-electron chi connectivity index (χ2n) is 7.66. The molecule has 0 saturated heterocycles. The Morgan fingerprint density at radius 2 is 1.12 bits per heavy atom. The predicted molar refractivity (Wildman–Crippen MR) is 127 cm³/mol. The van der Waals surface area contributed by atoms with Gasteiger partial charge in [0, 0.05) is 61.2 Å². The lowest BCUT2D eigenvalue weighted by Crippen LogP contribution is -2.29. The van der Waals surface area contributed by atoms with Crippen LogP contribution in [0.15, 0.2) is 97.6 Å². The minimum absolute atomic E-state index is 0.0364. The van der Waals surface area contributed by atoms with Crippen molar-refractivity contribution in [2.24, 2.45) is 0 Å². The number of methoxy groups -OCH3 is 1. The zero-order chi connectivity index (χ0) is 23.9. The van der Waals surface area contributed by atoms with E-state index in [0.29, 0.717) is 17.7 Å². The van der Waals surface area contributed by atoms with Crippen LogP contribution < -0.4 is 9.13 Å². The maximum Gasteiger partial charge on any atom is 0.338 e. The largest absolute Gasteiger partial charge is 0.462 e. The molecule has 170 valence electrons. The quantitative estimate of drug-likeness (QED) is 0.230. The lowest BCUT2D eigenvalue weighted by molar-refractivity contribution is -0.596. The summed E-state index contributed by atoms with van der Waals surface area (Å²) < 4.78 is 13.9. The zero-order valence-corrected chi connectivity index (χ0v) is 19.2. The summed E-state index contributed by atoms with van der Waals surface area (Å²) in [6.45, 7) is 2.23. The minimum atomic E-state index is -0.314. The van der Waals surface area contributed by atoms with Crippen molar-refractivity contribution in [2.75, 3.05) is 20.3 Å². The van der Waals surface area contributed by atoms with E-state index in [1.54, 1.807) is 19.1 Å². The van der Waals surface area contributed by atoms with Crippen LogP contribution in [0.25, 0.3) is 22.5 Å². The van der Waals surface area contributed by atoms with E-state index in [1.807, 2.05) is 70.3 Å². The fourth-order valence-electron chi connectivity index (χ4n) is 3.60. The molecule has 6 heteroatoms. The van der Waals surface area contributed by atoms with Crippen molar-refractivity contribution in [1.82, 2.24) is 0 Å². The molecule has 0 spiro atoms. The molecule has 34 heavy (non-hydrogen) atoms. The van der Waals surface area contributed by atoms with Gasteiger partial charge in [0.05, 0.1) is 12.2 Å². The minimum Gasteiger partial charge on any atom is -0.462 e. The van der Waals surface area contributed by atoms with Gasteiger partial charge in [0.2, 0.25) is 11.4 Å². The second kappa shape index (κ2) is 10.6. The summed E-state index contributed by atoms with van der Waals surface area (Å²) in [5, 5.41) is 0. The molecule has 6 nitrogen and oxygen atoms in total. The van der Waals surface area contributed by atoms with Gasteiger partial charge in [-0.05, 0) is 42.3 Å². The summed E-state index contributed by atoms with van der Waals surface area (Å²) in [5.74, 6) is -0.350. The summed E-state index contributed by atoms with van der Waals surface area (Å²) in [6.07, 6.45) is 7.98. The first-order valence-corrected chi connectivity index (χ1v) is 11.0. The third kappa shape index (κ3) is 5.24. The number of ether oxygens (including phenoxy) is 2. The van der Waals surface area contributed by atoms with Crippen LogP contribution in [0.1, 0.15) is 27.6 Å². The van der Waals surface area contributed by atoms with Gasteiger partial charge in [0.15, 0.2) is 30.6 Å². The Balaban J connectivity index is 1.46. The van der Waals surface area contributed by atoms with Gasteiger partial charge < -0.3 is 9.47 Å². The Morgan fingerprint density at radius 3 is 1.53 bits per heavy atom.